The Morgan fingerprint density at radius 2 is 1.81 bits per heavy atom. The maximum atomic E-state index is 12.9. The molecule has 0 saturated heterocycles. The molecule has 7 heteroatoms. The van der Waals surface area contributed by atoms with Gasteiger partial charge in [0.05, 0.1) is 18.7 Å². The average molecular weight is 475 g/mol. The molecule has 3 aromatic rings. The van der Waals surface area contributed by atoms with Crippen molar-refractivity contribution in [1.82, 2.24) is 4.90 Å². The maximum Gasteiger partial charge on any atom is 0.267 e. The number of hydrogen-bond donors (Lipinski definition) is 1. The summed E-state index contributed by atoms with van der Waals surface area (Å²) in [7, 11) is 1.61. The van der Waals surface area contributed by atoms with E-state index in [1.165, 1.54) is 11.3 Å². The number of amides is 1. The maximum absolute atomic E-state index is 12.9. The minimum absolute atomic E-state index is 0.239. The zero-order valence-corrected chi connectivity index (χ0v) is 20.8. The molecular weight excluding hydrogens is 444 g/mol. The lowest BCUT2D eigenvalue weighted by atomic mass is 10.2. The summed E-state index contributed by atoms with van der Waals surface area (Å²) >= 11 is 7.83. The van der Waals surface area contributed by atoms with Gasteiger partial charge in [0.25, 0.3) is 5.91 Å². The fourth-order valence-electron chi connectivity index (χ4n) is 3.76. The summed E-state index contributed by atoms with van der Waals surface area (Å²) in [5.74, 6) is 0.998. The van der Waals surface area contributed by atoms with Crippen molar-refractivity contribution < 1.29 is 14.3 Å². The van der Waals surface area contributed by atoms with Crippen LogP contribution >= 0.6 is 22.9 Å². The molecule has 0 atom stereocenters. The smallest absolute Gasteiger partial charge is 0.267 e. The van der Waals surface area contributed by atoms with E-state index in [0.29, 0.717) is 45.8 Å². The van der Waals surface area contributed by atoms with Crippen LogP contribution in [0.5, 0.6) is 11.5 Å². The first-order valence-electron chi connectivity index (χ1n) is 10.9. The standard InChI is InChI=1S/C25H31ClN2O3S/c1-16(2)28(17(3)4)13-8-14-31-21-15-18(11-12-20(21)30-5)27-25(29)24-23(26)19-9-6-7-10-22(19)32-24/h6-7,9-12,15-17H,8,13-14H2,1-5H3,(H,27,29). The lowest BCUT2D eigenvalue weighted by Crippen LogP contribution is -2.38. The summed E-state index contributed by atoms with van der Waals surface area (Å²) < 4.78 is 12.4. The molecule has 5 nitrogen and oxygen atoms in total. The van der Waals surface area contributed by atoms with Gasteiger partial charge in [-0.1, -0.05) is 29.8 Å². The van der Waals surface area contributed by atoms with Crippen LogP contribution in [0.1, 0.15) is 43.8 Å². The van der Waals surface area contributed by atoms with Crippen molar-refractivity contribution in [1.29, 1.82) is 0 Å². The van der Waals surface area contributed by atoms with Crippen LogP contribution in [0.4, 0.5) is 5.69 Å². The lowest BCUT2D eigenvalue weighted by molar-refractivity contribution is 0.103. The second-order valence-corrected chi connectivity index (χ2v) is 9.62. The summed E-state index contributed by atoms with van der Waals surface area (Å²) in [5.41, 5.74) is 0.630. The average Bonchev–Trinajstić information content (AvgIpc) is 3.10. The molecule has 0 radical (unpaired) electrons. The van der Waals surface area contributed by atoms with Crippen molar-refractivity contribution >= 4 is 44.6 Å². The molecule has 0 fully saturated rings. The van der Waals surface area contributed by atoms with Crippen molar-refractivity contribution in [3.05, 3.63) is 52.4 Å². The van der Waals surface area contributed by atoms with Crippen molar-refractivity contribution in [3.63, 3.8) is 0 Å². The molecule has 0 aliphatic rings. The largest absolute Gasteiger partial charge is 0.493 e. The zero-order valence-electron chi connectivity index (χ0n) is 19.3. The van der Waals surface area contributed by atoms with E-state index in [1.807, 2.05) is 24.3 Å². The van der Waals surface area contributed by atoms with E-state index in [0.717, 1.165) is 23.1 Å². The van der Waals surface area contributed by atoms with Crippen LogP contribution in [0.15, 0.2) is 42.5 Å². The van der Waals surface area contributed by atoms with Gasteiger partial charge >= 0.3 is 0 Å². The van der Waals surface area contributed by atoms with Gasteiger partial charge in [-0.15, -0.1) is 11.3 Å². The highest BCUT2D eigenvalue weighted by Crippen LogP contribution is 2.36. The second kappa shape index (κ2) is 11.0. The third-order valence-electron chi connectivity index (χ3n) is 5.31. The predicted molar refractivity (Wildman–Crippen MR) is 135 cm³/mol. The number of benzene rings is 2. The number of carbonyl (C=O) groups is 1. The number of anilines is 1. The Morgan fingerprint density at radius 3 is 2.47 bits per heavy atom. The highest BCUT2D eigenvalue weighted by molar-refractivity contribution is 7.21. The SMILES string of the molecule is COc1ccc(NC(=O)c2sc3ccccc3c2Cl)cc1OCCCN(C(C)C)C(C)C. The molecule has 0 unspecified atom stereocenters. The first-order valence-corrected chi connectivity index (χ1v) is 12.1. The van der Waals surface area contributed by atoms with Gasteiger partial charge < -0.3 is 14.8 Å². The van der Waals surface area contributed by atoms with Crippen LogP contribution < -0.4 is 14.8 Å². The third-order valence-corrected chi connectivity index (χ3v) is 6.98. The number of fused-ring (bicyclic) bond motifs is 1. The van der Waals surface area contributed by atoms with Crippen molar-refractivity contribution in [3.8, 4) is 11.5 Å². The monoisotopic (exact) mass is 474 g/mol. The van der Waals surface area contributed by atoms with Crippen LogP contribution in [0.25, 0.3) is 10.1 Å². The van der Waals surface area contributed by atoms with E-state index in [-0.39, 0.29) is 5.91 Å². The summed E-state index contributed by atoms with van der Waals surface area (Å²) in [4.78, 5) is 15.8. The molecule has 0 bridgehead atoms. The summed E-state index contributed by atoms with van der Waals surface area (Å²) in [6.45, 7) is 10.3. The highest BCUT2D eigenvalue weighted by atomic mass is 35.5. The highest BCUT2D eigenvalue weighted by Gasteiger charge is 2.18. The Labute approximate surface area is 199 Å². The number of hydrogen-bond acceptors (Lipinski definition) is 5. The van der Waals surface area contributed by atoms with Crippen LogP contribution in [-0.4, -0.2) is 43.2 Å². The molecule has 0 spiro atoms. The van der Waals surface area contributed by atoms with E-state index < -0.39 is 0 Å². The lowest BCUT2D eigenvalue weighted by Gasteiger charge is -2.30. The Balaban J connectivity index is 1.67. The molecule has 1 N–H and O–H groups in total. The molecule has 3 rings (SSSR count). The molecule has 32 heavy (non-hydrogen) atoms. The molecule has 0 aliphatic carbocycles. The Kier molecular flexibility index (Phi) is 8.40. The van der Waals surface area contributed by atoms with Crippen LogP contribution in [0.2, 0.25) is 5.02 Å². The first-order chi connectivity index (χ1) is 15.3. The Bertz CT molecular complexity index is 1060. The van der Waals surface area contributed by atoms with E-state index in [1.54, 1.807) is 25.3 Å². The third kappa shape index (κ3) is 5.74. The van der Waals surface area contributed by atoms with E-state index >= 15 is 0 Å². The molecule has 2 aromatic carbocycles. The Hall–Kier alpha value is -2.28. The second-order valence-electron chi connectivity index (χ2n) is 8.19. The number of ether oxygens (including phenoxy) is 2. The molecule has 1 heterocycles. The number of nitrogens with zero attached hydrogens (tertiary/aromatic N) is 1. The number of methoxy groups -OCH3 is 1. The normalized spacial score (nSPS) is 11.5. The fourth-order valence-corrected chi connectivity index (χ4v) is 5.17. The van der Waals surface area contributed by atoms with Gasteiger partial charge in [0, 0.05) is 40.5 Å². The number of nitrogens with one attached hydrogen (secondary N) is 1. The van der Waals surface area contributed by atoms with Crippen LogP contribution in [-0.2, 0) is 0 Å². The van der Waals surface area contributed by atoms with Gasteiger partial charge in [-0.25, -0.2) is 0 Å². The molecule has 0 aliphatic heterocycles. The quantitative estimate of drug-likeness (QED) is 0.332. The molecule has 172 valence electrons. The van der Waals surface area contributed by atoms with Crippen molar-refractivity contribution in [2.45, 2.75) is 46.2 Å². The van der Waals surface area contributed by atoms with Gasteiger partial charge in [-0.2, -0.15) is 0 Å². The van der Waals surface area contributed by atoms with Gasteiger partial charge in [0.15, 0.2) is 11.5 Å². The number of rotatable bonds is 10. The van der Waals surface area contributed by atoms with Crippen LogP contribution in [0.3, 0.4) is 0 Å². The van der Waals surface area contributed by atoms with Crippen molar-refractivity contribution in [2.24, 2.45) is 0 Å². The number of thiophene rings is 1. The first kappa shape index (κ1) is 24.4. The zero-order chi connectivity index (χ0) is 23.3. The van der Waals surface area contributed by atoms with Gasteiger partial charge in [0.1, 0.15) is 4.88 Å². The van der Waals surface area contributed by atoms with Gasteiger partial charge in [-0.3, -0.25) is 9.69 Å². The predicted octanol–water partition coefficient (Wildman–Crippen LogP) is 6.70. The van der Waals surface area contributed by atoms with E-state index in [4.69, 9.17) is 21.1 Å². The minimum Gasteiger partial charge on any atom is -0.493 e. The number of halogens is 1. The molecule has 1 aromatic heterocycles. The Morgan fingerprint density at radius 1 is 1.09 bits per heavy atom. The van der Waals surface area contributed by atoms with Gasteiger partial charge in [-0.05, 0) is 52.3 Å². The van der Waals surface area contributed by atoms with E-state index in [2.05, 4.69) is 37.9 Å². The molecule has 0 saturated carbocycles. The van der Waals surface area contributed by atoms with Crippen LogP contribution in [0, 0.1) is 0 Å². The summed E-state index contributed by atoms with van der Waals surface area (Å²) in [6, 6.07) is 14.1. The molecule has 1 amide bonds. The van der Waals surface area contributed by atoms with E-state index in [9.17, 15) is 4.79 Å². The number of carbonyl (C=O) groups excluding carboxylic acids is 1. The fraction of sp³-hybridized carbons (Fsp3) is 0.400. The summed E-state index contributed by atoms with van der Waals surface area (Å²) in [6.07, 6.45) is 0.896. The minimum atomic E-state index is -0.239. The van der Waals surface area contributed by atoms with Gasteiger partial charge in [0.2, 0.25) is 0 Å². The topological polar surface area (TPSA) is 50.8 Å². The molecular formula is C25H31ClN2O3S. The summed E-state index contributed by atoms with van der Waals surface area (Å²) in [5, 5.41) is 4.30. The van der Waals surface area contributed by atoms with Crippen molar-refractivity contribution in [2.75, 3.05) is 25.6 Å².